The molecule has 23 heavy (non-hydrogen) atoms. The smallest absolute Gasteiger partial charge is 0.276 e. The number of rotatable bonds is 5. The third-order valence-electron chi connectivity index (χ3n) is 3.24. The van der Waals surface area contributed by atoms with E-state index in [9.17, 15) is 25.0 Å². The minimum atomic E-state index is -0.558. The molecule has 2 aromatic rings. The third-order valence-corrected chi connectivity index (χ3v) is 3.24. The highest BCUT2D eigenvalue weighted by molar-refractivity contribution is 6.07. The average molecular weight is 312 g/mol. The first kappa shape index (κ1) is 16.0. The molecule has 0 atom stereocenters. The Kier molecular flexibility index (Phi) is 4.61. The Balaban J connectivity index is 2.31. The summed E-state index contributed by atoms with van der Waals surface area (Å²) < 4.78 is 0. The number of aryl methyl sites for hydroxylation is 1. The summed E-state index contributed by atoms with van der Waals surface area (Å²) in [4.78, 5) is 32.8. The zero-order valence-electron chi connectivity index (χ0n) is 12.1. The van der Waals surface area contributed by atoms with Crippen LogP contribution in [0, 0.1) is 27.2 Å². The van der Waals surface area contributed by atoms with Gasteiger partial charge in [-0.05, 0) is 25.1 Å². The van der Waals surface area contributed by atoms with Gasteiger partial charge in [-0.15, -0.1) is 0 Å². The Morgan fingerprint density at radius 1 is 1.00 bits per heavy atom. The lowest BCUT2D eigenvalue weighted by atomic mass is 10.1. The molecule has 0 aliphatic rings. The van der Waals surface area contributed by atoms with Crippen LogP contribution in [-0.2, 0) is 0 Å². The second kappa shape index (κ2) is 6.61. The molecule has 2 rings (SSSR count). The number of hydrogen-bond acceptors (Lipinski definition) is 5. The van der Waals surface area contributed by atoms with Crippen molar-refractivity contribution in [2.24, 2.45) is 0 Å². The Morgan fingerprint density at radius 2 is 1.65 bits per heavy atom. The van der Waals surface area contributed by atoms with Gasteiger partial charge in [-0.3, -0.25) is 25.0 Å². The molecule has 7 nitrogen and oxygen atoms in total. The van der Waals surface area contributed by atoms with Crippen molar-refractivity contribution in [1.29, 1.82) is 0 Å². The van der Waals surface area contributed by atoms with Crippen molar-refractivity contribution in [1.82, 2.24) is 0 Å². The molecular formula is C16H12N2O5. The van der Waals surface area contributed by atoms with E-state index in [1.807, 2.05) is 0 Å². The number of benzene rings is 2. The van der Waals surface area contributed by atoms with Gasteiger partial charge in [0.2, 0.25) is 0 Å². The molecule has 0 fully saturated rings. The first-order valence-corrected chi connectivity index (χ1v) is 6.61. The normalized spacial score (nSPS) is 10.7. The summed E-state index contributed by atoms with van der Waals surface area (Å²) in [5.41, 5.74) is 0.625. The molecule has 0 radical (unpaired) electrons. The molecule has 7 heteroatoms. The van der Waals surface area contributed by atoms with E-state index in [2.05, 4.69) is 0 Å². The Bertz CT molecular complexity index is 827. The second-order valence-electron chi connectivity index (χ2n) is 4.77. The molecule has 2 aromatic carbocycles. The quantitative estimate of drug-likeness (QED) is 0.362. The minimum absolute atomic E-state index is 0.119. The minimum Gasteiger partial charge on any atom is -0.289 e. The summed E-state index contributed by atoms with van der Waals surface area (Å²) in [6.45, 7) is 1.58. The second-order valence-corrected chi connectivity index (χ2v) is 4.77. The fourth-order valence-corrected chi connectivity index (χ4v) is 2.02. The first-order valence-electron chi connectivity index (χ1n) is 6.61. The molecule has 0 aliphatic heterocycles. The van der Waals surface area contributed by atoms with Gasteiger partial charge in [-0.1, -0.05) is 24.3 Å². The number of nitro benzene ring substituents is 2. The van der Waals surface area contributed by atoms with E-state index < -0.39 is 15.6 Å². The van der Waals surface area contributed by atoms with Crippen LogP contribution in [-0.4, -0.2) is 15.6 Å². The van der Waals surface area contributed by atoms with Gasteiger partial charge in [0, 0.05) is 23.3 Å². The van der Waals surface area contributed by atoms with Crippen LogP contribution in [0.25, 0.3) is 6.08 Å². The van der Waals surface area contributed by atoms with Gasteiger partial charge in [0.15, 0.2) is 5.78 Å². The number of carbonyl (C=O) groups is 1. The van der Waals surface area contributed by atoms with Crippen molar-refractivity contribution >= 4 is 23.2 Å². The van der Waals surface area contributed by atoms with Crippen LogP contribution in [0.2, 0.25) is 0 Å². The van der Waals surface area contributed by atoms with Crippen molar-refractivity contribution in [2.75, 3.05) is 0 Å². The van der Waals surface area contributed by atoms with E-state index in [0.717, 1.165) is 6.08 Å². The molecule has 0 bridgehead atoms. The van der Waals surface area contributed by atoms with Crippen LogP contribution in [0.4, 0.5) is 11.4 Å². The fourth-order valence-electron chi connectivity index (χ4n) is 2.02. The van der Waals surface area contributed by atoms with Gasteiger partial charge in [-0.25, -0.2) is 0 Å². The number of ketones is 1. The largest absolute Gasteiger partial charge is 0.289 e. The molecule has 0 saturated heterocycles. The summed E-state index contributed by atoms with van der Waals surface area (Å²) >= 11 is 0. The average Bonchev–Trinajstić information content (AvgIpc) is 2.52. The maximum absolute atomic E-state index is 12.1. The maximum atomic E-state index is 12.1. The van der Waals surface area contributed by atoms with Crippen LogP contribution in [0.3, 0.4) is 0 Å². The van der Waals surface area contributed by atoms with E-state index in [1.165, 1.54) is 42.5 Å². The van der Waals surface area contributed by atoms with E-state index in [1.54, 1.807) is 13.0 Å². The van der Waals surface area contributed by atoms with Gasteiger partial charge in [0.05, 0.1) is 15.4 Å². The Labute approximate surface area is 131 Å². The van der Waals surface area contributed by atoms with Crippen LogP contribution >= 0.6 is 0 Å². The number of nitrogens with zero attached hydrogens (tertiary/aromatic N) is 2. The molecule has 116 valence electrons. The predicted molar refractivity (Wildman–Crippen MR) is 84.3 cm³/mol. The Hall–Kier alpha value is -3.35. The van der Waals surface area contributed by atoms with Crippen molar-refractivity contribution < 1.29 is 14.6 Å². The zero-order chi connectivity index (χ0) is 17.0. The summed E-state index contributed by atoms with van der Waals surface area (Å²) in [7, 11) is 0. The predicted octanol–water partition coefficient (Wildman–Crippen LogP) is 3.71. The standard InChI is InChI=1S/C16H12N2O5/c1-11-6-7-13(10-15(11)18(22)23)16(19)9-8-12-4-2-3-5-14(12)17(20)21/h2-10H,1H3/b9-8+. The van der Waals surface area contributed by atoms with Crippen LogP contribution in [0.5, 0.6) is 0 Å². The molecule has 0 aromatic heterocycles. The van der Waals surface area contributed by atoms with Crippen molar-refractivity contribution in [3.63, 3.8) is 0 Å². The fraction of sp³-hybridized carbons (Fsp3) is 0.0625. The summed E-state index contributed by atoms with van der Waals surface area (Å²) in [5.74, 6) is -0.466. The van der Waals surface area contributed by atoms with Gasteiger partial charge in [0.1, 0.15) is 0 Å². The molecular weight excluding hydrogens is 300 g/mol. The van der Waals surface area contributed by atoms with Crippen molar-refractivity contribution in [3.05, 3.63) is 85.5 Å². The van der Waals surface area contributed by atoms with Gasteiger partial charge in [0.25, 0.3) is 11.4 Å². The van der Waals surface area contributed by atoms with Crippen molar-refractivity contribution in [2.45, 2.75) is 6.92 Å². The van der Waals surface area contributed by atoms with Gasteiger partial charge < -0.3 is 0 Å². The monoisotopic (exact) mass is 312 g/mol. The number of allylic oxidation sites excluding steroid dienone is 1. The summed E-state index contributed by atoms with van der Waals surface area (Å²) in [6, 6.07) is 10.2. The molecule has 0 heterocycles. The molecule has 0 amide bonds. The Morgan fingerprint density at radius 3 is 2.30 bits per heavy atom. The highest BCUT2D eigenvalue weighted by atomic mass is 16.6. The number of nitro groups is 2. The SMILES string of the molecule is Cc1ccc(C(=O)/C=C/c2ccccc2[N+](=O)[O-])cc1[N+](=O)[O-]. The molecule has 0 aliphatic carbocycles. The molecule has 0 unspecified atom stereocenters. The third kappa shape index (κ3) is 3.65. The van der Waals surface area contributed by atoms with E-state index >= 15 is 0 Å². The van der Waals surface area contributed by atoms with Crippen LogP contribution < -0.4 is 0 Å². The number of para-hydroxylation sites is 1. The maximum Gasteiger partial charge on any atom is 0.276 e. The molecule has 0 N–H and O–H groups in total. The van der Waals surface area contributed by atoms with E-state index in [-0.39, 0.29) is 22.5 Å². The lowest BCUT2D eigenvalue weighted by Crippen LogP contribution is -1.98. The lowest BCUT2D eigenvalue weighted by Gasteiger charge is -2.00. The van der Waals surface area contributed by atoms with Gasteiger partial charge in [-0.2, -0.15) is 0 Å². The van der Waals surface area contributed by atoms with E-state index in [0.29, 0.717) is 5.56 Å². The number of carbonyl (C=O) groups excluding carboxylic acids is 1. The zero-order valence-corrected chi connectivity index (χ0v) is 12.1. The van der Waals surface area contributed by atoms with Crippen LogP contribution in [0.1, 0.15) is 21.5 Å². The molecule has 0 saturated carbocycles. The van der Waals surface area contributed by atoms with Crippen LogP contribution in [0.15, 0.2) is 48.5 Å². The first-order chi connectivity index (χ1) is 10.9. The lowest BCUT2D eigenvalue weighted by molar-refractivity contribution is -0.385. The molecule has 0 spiro atoms. The summed E-state index contributed by atoms with van der Waals surface area (Å²) in [5, 5.41) is 21.8. The highest BCUT2D eigenvalue weighted by Gasteiger charge is 2.14. The van der Waals surface area contributed by atoms with Gasteiger partial charge >= 0.3 is 0 Å². The topological polar surface area (TPSA) is 103 Å². The number of hydrogen-bond donors (Lipinski definition) is 0. The highest BCUT2D eigenvalue weighted by Crippen LogP contribution is 2.21. The summed E-state index contributed by atoms with van der Waals surface area (Å²) in [6.07, 6.45) is 2.49. The van der Waals surface area contributed by atoms with Crippen molar-refractivity contribution in [3.8, 4) is 0 Å². The van der Waals surface area contributed by atoms with E-state index in [4.69, 9.17) is 0 Å².